The first-order valence-electron chi connectivity index (χ1n) is 6.97. The molecule has 1 unspecified atom stereocenters. The highest BCUT2D eigenvalue weighted by Crippen LogP contribution is 2.21. The standard InChI is InChI=1S/C13H25NO4S/c1-11(2)19(17,18)9-8-14-7-3-4-12(10-14)5-6-13(15)16/h11-12H,3-10H2,1-2H3,(H,15,16). The Hall–Kier alpha value is -0.620. The molecule has 0 aliphatic carbocycles. The molecule has 19 heavy (non-hydrogen) atoms. The molecule has 112 valence electrons. The fraction of sp³-hybridized carbons (Fsp3) is 0.923. The second kappa shape index (κ2) is 7.24. The van der Waals surface area contributed by atoms with Crippen molar-refractivity contribution in [3.63, 3.8) is 0 Å². The molecule has 1 heterocycles. The van der Waals surface area contributed by atoms with E-state index in [1.54, 1.807) is 13.8 Å². The van der Waals surface area contributed by atoms with E-state index in [1.165, 1.54) is 0 Å². The van der Waals surface area contributed by atoms with Crippen LogP contribution in [0.2, 0.25) is 0 Å². The lowest BCUT2D eigenvalue weighted by atomic mass is 9.93. The van der Waals surface area contributed by atoms with Gasteiger partial charge in [-0.2, -0.15) is 0 Å². The highest BCUT2D eigenvalue weighted by Gasteiger charge is 2.23. The second-order valence-corrected chi connectivity index (χ2v) is 8.33. The molecule has 1 rings (SSSR count). The number of likely N-dealkylation sites (tertiary alicyclic amines) is 1. The van der Waals surface area contributed by atoms with Gasteiger partial charge >= 0.3 is 5.97 Å². The fourth-order valence-electron chi connectivity index (χ4n) is 2.41. The maximum Gasteiger partial charge on any atom is 0.303 e. The summed E-state index contributed by atoms with van der Waals surface area (Å²) in [6.07, 6.45) is 3.00. The fourth-order valence-corrected chi connectivity index (χ4v) is 3.39. The zero-order chi connectivity index (χ0) is 14.5. The van der Waals surface area contributed by atoms with Crippen molar-refractivity contribution >= 4 is 15.8 Å². The number of carboxylic acids is 1. The molecule has 1 fully saturated rings. The summed E-state index contributed by atoms with van der Waals surface area (Å²) in [5.74, 6) is -0.151. The van der Waals surface area contributed by atoms with E-state index in [1.807, 2.05) is 0 Å². The van der Waals surface area contributed by atoms with Crippen LogP contribution in [-0.2, 0) is 14.6 Å². The van der Waals surface area contributed by atoms with Crippen molar-refractivity contribution in [3.05, 3.63) is 0 Å². The summed E-state index contributed by atoms with van der Waals surface area (Å²) in [5.41, 5.74) is 0. The molecule has 0 saturated carbocycles. The third kappa shape index (κ3) is 5.91. The van der Waals surface area contributed by atoms with E-state index in [2.05, 4.69) is 4.90 Å². The maximum atomic E-state index is 11.8. The quantitative estimate of drug-likeness (QED) is 0.767. The lowest BCUT2D eigenvalue weighted by Gasteiger charge is -2.32. The lowest BCUT2D eigenvalue weighted by Crippen LogP contribution is -2.39. The molecule has 0 radical (unpaired) electrons. The van der Waals surface area contributed by atoms with Gasteiger partial charge in [-0.25, -0.2) is 8.42 Å². The van der Waals surface area contributed by atoms with Crippen LogP contribution < -0.4 is 0 Å². The third-order valence-corrected chi connectivity index (χ3v) is 5.97. The van der Waals surface area contributed by atoms with Gasteiger partial charge in [-0.1, -0.05) is 0 Å². The molecule has 1 aliphatic heterocycles. The molecular weight excluding hydrogens is 266 g/mol. The van der Waals surface area contributed by atoms with Crippen molar-refractivity contribution in [1.29, 1.82) is 0 Å². The number of rotatable bonds is 7. The number of piperidine rings is 1. The second-order valence-electron chi connectivity index (χ2n) is 5.66. The van der Waals surface area contributed by atoms with Gasteiger partial charge in [0.25, 0.3) is 0 Å². The zero-order valence-electron chi connectivity index (χ0n) is 11.8. The number of hydrogen-bond acceptors (Lipinski definition) is 4. The van der Waals surface area contributed by atoms with E-state index in [9.17, 15) is 13.2 Å². The molecule has 0 amide bonds. The minimum absolute atomic E-state index is 0.205. The Morgan fingerprint density at radius 1 is 1.42 bits per heavy atom. The van der Waals surface area contributed by atoms with Gasteiger partial charge in [0, 0.05) is 19.5 Å². The predicted octanol–water partition coefficient (Wildman–Crippen LogP) is 1.39. The summed E-state index contributed by atoms with van der Waals surface area (Å²) >= 11 is 0. The van der Waals surface area contributed by atoms with Crippen LogP contribution in [0.25, 0.3) is 0 Å². The number of nitrogens with zero attached hydrogens (tertiary/aromatic N) is 1. The minimum atomic E-state index is -2.98. The lowest BCUT2D eigenvalue weighted by molar-refractivity contribution is -0.137. The van der Waals surface area contributed by atoms with E-state index in [4.69, 9.17) is 5.11 Å². The van der Waals surface area contributed by atoms with E-state index >= 15 is 0 Å². The maximum absolute atomic E-state index is 11.8. The van der Waals surface area contributed by atoms with Crippen LogP contribution in [0.4, 0.5) is 0 Å². The number of hydrogen-bond donors (Lipinski definition) is 1. The molecule has 5 nitrogen and oxygen atoms in total. The number of carbonyl (C=O) groups is 1. The molecule has 0 aromatic rings. The van der Waals surface area contributed by atoms with Gasteiger partial charge in [0.1, 0.15) is 0 Å². The average molecular weight is 291 g/mol. The topological polar surface area (TPSA) is 74.7 Å². The molecule has 1 saturated heterocycles. The Balaban J connectivity index is 2.37. The molecular formula is C13H25NO4S. The van der Waals surface area contributed by atoms with Crippen LogP contribution in [0, 0.1) is 5.92 Å². The first kappa shape index (κ1) is 16.4. The molecule has 0 aromatic heterocycles. The van der Waals surface area contributed by atoms with Crippen LogP contribution >= 0.6 is 0 Å². The molecule has 1 N–H and O–H groups in total. The molecule has 1 atom stereocenters. The summed E-state index contributed by atoms with van der Waals surface area (Å²) in [6.45, 7) is 5.75. The van der Waals surface area contributed by atoms with Crippen molar-refractivity contribution in [2.24, 2.45) is 5.92 Å². The van der Waals surface area contributed by atoms with Crippen LogP contribution in [0.5, 0.6) is 0 Å². The van der Waals surface area contributed by atoms with Crippen molar-refractivity contribution in [2.75, 3.05) is 25.4 Å². The Bertz CT molecular complexity index is 391. The Morgan fingerprint density at radius 2 is 2.11 bits per heavy atom. The first-order valence-corrected chi connectivity index (χ1v) is 8.68. The van der Waals surface area contributed by atoms with Gasteiger partial charge in [-0.3, -0.25) is 4.79 Å². The smallest absolute Gasteiger partial charge is 0.303 e. The molecule has 0 spiro atoms. The summed E-state index contributed by atoms with van der Waals surface area (Å²) in [4.78, 5) is 12.7. The first-order chi connectivity index (χ1) is 8.81. The number of sulfone groups is 1. The summed E-state index contributed by atoms with van der Waals surface area (Å²) in [6, 6.07) is 0. The molecule has 0 aromatic carbocycles. The van der Waals surface area contributed by atoms with Gasteiger partial charge in [0.15, 0.2) is 9.84 Å². The largest absolute Gasteiger partial charge is 0.481 e. The average Bonchev–Trinajstić information content (AvgIpc) is 2.34. The van der Waals surface area contributed by atoms with Crippen LogP contribution in [0.1, 0.15) is 39.5 Å². The van der Waals surface area contributed by atoms with E-state index in [0.717, 1.165) is 25.9 Å². The predicted molar refractivity (Wildman–Crippen MR) is 75.0 cm³/mol. The number of carboxylic acid groups (broad SMARTS) is 1. The summed E-state index contributed by atoms with van der Waals surface area (Å²) < 4.78 is 23.5. The summed E-state index contributed by atoms with van der Waals surface area (Å²) in [5, 5.41) is 8.37. The zero-order valence-corrected chi connectivity index (χ0v) is 12.7. The Labute approximate surface area is 115 Å². The van der Waals surface area contributed by atoms with Crippen LogP contribution in [0.3, 0.4) is 0 Å². The van der Waals surface area contributed by atoms with Gasteiger partial charge in [0.2, 0.25) is 0 Å². The minimum Gasteiger partial charge on any atom is -0.481 e. The van der Waals surface area contributed by atoms with Gasteiger partial charge in [0.05, 0.1) is 11.0 Å². The third-order valence-electron chi connectivity index (χ3n) is 3.78. The highest BCUT2D eigenvalue weighted by molar-refractivity contribution is 7.92. The Morgan fingerprint density at radius 3 is 2.68 bits per heavy atom. The normalized spacial score (nSPS) is 21.7. The Kier molecular flexibility index (Phi) is 6.26. The molecule has 1 aliphatic rings. The van der Waals surface area contributed by atoms with Gasteiger partial charge < -0.3 is 10.0 Å². The van der Waals surface area contributed by atoms with E-state index in [-0.39, 0.29) is 17.4 Å². The van der Waals surface area contributed by atoms with E-state index in [0.29, 0.717) is 18.9 Å². The van der Waals surface area contributed by atoms with Gasteiger partial charge in [-0.15, -0.1) is 0 Å². The van der Waals surface area contributed by atoms with Crippen LogP contribution in [0.15, 0.2) is 0 Å². The van der Waals surface area contributed by atoms with E-state index < -0.39 is 15.8 Å². The van der Waals surface area contributed by atoms with Crippen molar-refractivity contribution in [3.8, 4) is 0 Å². The monoisotopic (exact) mass is 291 g/mol. The van der Waals surface area contributed by atoms with Gasteiger partial charge in [-0.05, 0) is 45.6 Å². The molecule has 0 bridgehead atoms. The van der Waals surface area contributed by atoms with Crippen molar-refractivity contribution < 1.29 is 18.3 Å². The SMILES string of the molecule is CC(C)S(=O)(=O)CCN1CCCC(CCC(=O)O)C1. The van der Waals surface area contributed by atoms with Crippen molar-refractivity contribution in [2.45, 2.75) is 44.8 Å². The van der Waals surface area contributed by atoms with Crippen LogP contribution in [-0.4, -0.2) is 55.0 Å². The highest BCUT2D eigenvalue weighted by atomic mass is 32.2. The van der Waals surface area contributed by atoms with Crippen molar-refractivity contribution in [1.82, 2.24) is 4.90 Å². The summed E-state index contributed by atoms with van der Waals surface area (Å²) in [7, 11) is -2.98. The molecule has 6 heteroatoms. The number of aliphatic carboxylic acids is 1.